The first kappa shape index (κ1) is 16.3. The van der Waals surface area contributed by atoms with Crippen LogP contribution in [0.3, 0.4) is 0 Å². The summed E-state index contributed by atoms with van der Waals surface area (Å²) in [5.74, 6) is 0.606. The molecule has 0 nitrogen and oxygen atoms in total. The average Bonchev–Trinajstić information content (AvgIpc) is 2.55. The molecule has 0 aromatic heterocycles. The van der Waals surface area contributed by atoms with Gasteiger partial charge in [-0.1, -0.05) is 92.2 Å². The minimum atomic E-state index is 0.606. The molecule has 2 aromatic rings. The first-order valence-electron chi connectivity index (χ1n) is 8.11. The highest BCUT2D eigenvalue weighted by molar-refractivity contribution is 5.64. The minimum absolute atomic E-state index is 0.606. The van der Waals surface area contributed by atoms with E-state index >= 15 is 0 Å². The number of aryl methyl sites for hydroxylation is 1. The van der Waals surface area contributed by atoms with Gasteiger partial charge in [0, 0.05) is 0 Å². The molecule has 0 radical (unpaired) electrons. The summed E-state index contributed by atoms with van der Waals surface area (Å²) in [6.07, 6.45) is 6.25. The van der Waals surface area contributed by atoms with Crippen molar-refractivity contribution in [1.82, 2.24) is 0 Å². The molecule has 0 fully saturated rings. The van der Waals surface area contributed by atoms with Crippen molar-refractivity contribution >= 4 is 0 Å². The summed E-state index contributed by atoms with van der Waals surface area (Å²) in [6.45, 7) is 10.5. The van der Waals surface area contributed by atoms with Crippen molar-refractivity contribution in [1.29, 1.82) is 0 Å². The SMILES string of the molecule is C=C/C=C(/Cc1ccc(-c2ccc(C)cc2)cc1)C(C)CC. The van der Waals surface area contributed by atoms with Crippen LogP contribution in [0.1, 0.15) is 31.4 Å². The molecular weight excluding hydrogens is 264 g/mol. The molecule has 2 rings (SSSR count). The zero-order chi connectivity index (χ0) is 15.9. The van der Waals surface area contributed by atoms with Crippen molar-refractivity contribution in [3.05, 3.63) is 84.0 Å². The third kappa shape index (κ3) is 4.21. The second-order valence-corrected chi connectivity index (χ2v) is 6.03. The van der Waals surface area contributed by atoms with Gasteiger partial charge in [-0.15, -0.1) is 0 Å². The van der Waals surface area contributed by atoms with E-state index in [1.54, 1.807) is 0 Å². The molecule has 0 amide bonds. The van der Waals surface area contributed by atoms with Gasteiger partial charge in [-0.2, -0.15) is 0 Å². The Balaban J connectivity index is 2.16. The van der Waals surface area contributed by atoms with E-state index < -0.39 is 0 Å². The Labute approximate surface area is 135 Å². The van der Waals surface area contributed by atoms with Crippen molar-refractivity contribution in [3.63, 3.8) is 0 Å². The summed E-state index contributed by atoms with van der Waals surface area (Å²) in [5, 5.41) is 0. The van der Waals surface area contributed by atoms with E-state index in [9.17, 15) is 0 Å². The van der Waals surface area contributed by atoms with Crippen LogP contribution in [-0.2, 0) is 6.42 Å². The lowest BCUT2D eigenvalue weighted by atomic mass is 9.91. The molecule has 0 bridgehead atoms. The van der Waals surface area contributed by atoms with Gasteiger partial charge >= 0.3 is 0 Å². The van der Waals surface area contributed by atoms with E-state index in [0.717, 1.165) is 6.42 Å². The van der Waals surface area contributed by atoms with Gasteiger partial charge in [0.1, 0.15) is 0 Å². The lowest BCUT2D eigenvalue weighted by Crippen LogP contribution is -2.01. The van der Waals surface area contributed by atoms with Crippen molar-refractivity contribution in [2.45, 2.75) is 33.6 Å². The van der Waals surface area contributed by atoms with Crippen molar-refractivity contribution < 1.29 is 0 Å². The molecule has 1 atom stereocenters. The van der Waals surface area contributed by atoms with E-state index in [1.807, 2.05) is 6.08 Å². The van der Waals surface area contributed by atoms with Crippen LogP contribution in [0.25, 0.3) is 11.1 Å². The fraction of sp³-hybridized carbons (Fsp3) is 0.273. The normalized spacial score (nSPS) is 13.0. The van der Waals surface area contributed by atoms with Gasteiger partial charge in [0.05, 0.1) is 0 Å². The quantitative estimate of drug-likeness (QED) is 0.543. The van der Waals surface area contributed by atoms with Crippen LogP contribution in [0.15, 0.2) is 72.8 Å². The highest BCUT2D eigenvalue weighted by Crippen LogP contribution is 2.23. The molecule has 0 spiro atoms. The maximum Gasteiger partial charge on any atom is -0.00613 e. The van der Waals surface area contributed by atoms with Gasteiger partial charge in [0.2, 0.25) is 0 Å². The number of hydrogen-bond acceptors (Lipinski definition) is 0. The molecular formula is C22H26. The lowest BCUT2D eigenvalue weighted by molar-refractivity contribution is 0.638. The van der Waals surface area contributed by atoms with Gasteiger partial charge in [0.25, 0.3) is 0 Å². The Bertz CT molecular complexity index is 627. The molecule has 0 aliphatic carbocycles. The number of hydrogen-bond donors (Lipinski definition) is 0. The van der Waals surface area contributed by atoms with Crippen molar-refractivity contribution in [2.75, 3.05) is 0 Å². The zero-order valence-corrected chi connectivity index (χ0v) is 14.0. The average molecular weight is 290 g/mol. The summed E-state index contributed by atoms with van der Waals surface area (Å²) in [7, 11) is 0. The van der Waals surface area contributed by atoms with E-state index in [-0.39, 0.29) is 0 Å². The zero-order valence-electron chi connectivity index (χ0n) is 14.0. The Morgan fingerprint density at radius 3 is 2.05 bits per heavy atom. The number of rotatable bonds is 6. The van der Waals surface area contributed by atoms with Crippen LogP contribution in [0.2, 0.25) is 0 Å². The van der Waals surface area contributed by atoms with Crippen LogP contribution in [0.5, 0.6) is 0 Å². The molecule has 0 heterocycles. The first-order chi connectivity index (χ1) is 10.6. The van der Waals surface area contributed by atoms with E-state index in [0.29, 0.717) is 5.92 Å². The van der Waals surface area contributed by atoms with Crippen LogP contribution >= 0.6 is 0 Å². The van der Waals surface area contributed by atoms with E-state index in [2.05, 4.69) is 82.0 Å². The molecule has 0 heteroatoms. The predicted octanol–water partition coefficient (Wildman–Crippen LogP) is 6.36. The Morgan fingerprint density at radius 2 is 1.55 bits per heavy atom. The molecule has 0 saturated carbocycles. The second-order valence-electron chi connectivity index (χ2n) is 6.03. The smallest absolute Gasteiger partial charge is 0.00613 e. The van der Waals surface area contributed by atoms with Crippen LogP contribution in [0.4, 0.5) is 0 Å². The topological polar surface area (TPSA) is 0 Å². The van der Waals surface area contributed by atoms with E-state index in [1.165, 1.54) is 34.2 Å². The fourth-order valence-electron chi connectivity index (χ4n) is 2.61. The van der Waals surface area contributed by atoms with Crippen LogP contribution in [0, 0.1) is 12.8 Å². The third-order valence-corrected chi connectivity index (χ3v) is 4.32. The minimum Gasteiger partial charge on any atom is -0.0991 e. The fourth-order valence-corrected chi connectivity index (χ4v) is 2.61. The molecule has 0 N–H and O–H groups in total. The summed E-state index contributed by atoms with van der Waals surface area (Å²) in [4.78, 5) is 0. The van der Waals surface area contributed by atoms with Crippen molar-refractivity contribution in [3.8, 4) is 11.1 Å². The highest BCUT2D eigenvalue weighted by atomic mass is 14.1. The van der Waals surface area contributed by atoms with Gasteiger partial charge in [0.15, 0.2) is 0 Å². The summed E-state index contributed by atoms with van der Waals surface area (Å²) in [6, 6.07) is 17.6. The standard InChI is InChI=1S/C22H26/c1-5-7-22(18(4)6-2)16-19-10-14-21(15-11-19)20-12-8-17(3)9-13-20/h5,7-15,18H,1,6,16H2,2-4H3/b22-7-. The molecule has 0 aliphatic rings. The summed E-state index contributed by atoms with van der Waals surface area (Å²) >= 11 is 0. The number of allylic oxidation sites excluding steroid dienone is 3. The summed E-state index contributed by atoms with van der Waals surface area (Å²) in [5.41, 5.74) is 6.68. The van der Waals surface area contributed by atoms with Crippen LogP contribution < -0.4 is 0 Å². The van der Waals surface area contributed by atoms with Gasteiger partial charge in [-0.3, -0.25) is 0 Å². The molecule has 0 aliphatic heterocycles. The summed E-state index contributed by atoms with van der Waals surface area (Å²) < 4.78 is 0. The molecule has 1 unspecified atom stereocenters. The van der Waals surface area contributed by atoms with Crippen molar-refractivity contribution in [2.24, 2.45) is 5.92 Å². The Hall–Kier alpha value is -2.08. The van der Waals surface area contributed by atoms with Gasteiger partial charge < -0.3 is 0 Å². The molecule has 114 valence electrons. The second kappa shape index (κ2) is 7.79. The maximum atomic E-state index is 3.84. The monoisotopic (exact) mass is 290 g/mol. The Kier molecular flexibility index (Phi) is 5.77. The Morgan fingerprint density at radius 1 is 1.00 bits per heavy atom. The maximum absolute atomic E-state index is 3.84. The third-order valence-electron chi connectivity index (χ3n) is 4.32. The first-order valence-corrected chi connectivity index (χ1v) is 8.11. The van der Waals surface area contributed by atoms with Gasteiger partial charge in [-0.05, 0) is 42.4 Å². The number of benzene rings is 2. The molecule has 0 saturated heterocycles. The van der Waals surface area contributed by atoms with Crippen LogP contribution in [-0.4, -0.2) is 0 Å². The van der Waals surface area contributed by atoms with E-state index in [4.69, 9.17) is 0 Å². The molecule has 2 aromatic carbocycles. The molecule has 22 heavy (non-hydrogen) atoms. The lowest BCUT2D eigenvalue weighted by Gasteiger charge is -2.14. The van der Waals surface area contributed by atoms with Gasteiger partial charge in [-0.25, -0.2) is 0 Å². The largest absolute Gasteiger partial charge is 0.0991 e. The predicted molar refractivity (Wildman–Crippen MR) is 98.1 cm³/mol. The highest BCUT2D eigenvalue weighted by Gasteiger charge is 2.07.